The minimum Gasteiger partial charge on any atom is -0.495 e. The molecule has 0 fully saturated rings. The number of benzene rings is 3. The number of hydrogen-bond donors (Lipinski definition) is 1. The van der Waals surface area contributed by atoms with E-state index in [1.54, 1.807) is 7.11 Å². The SMILES string of the molecule is COc1ccccc1NCc1nc2ccccc2n1Cc1ccccc1. The molecule has 0 saturated carbocycles. The molecule has 1 aromatic heterocycles. The van der Waals surface area contributed by atoms with Crippen LogP contribution >= 0.6 is 0 Å². The van der Waals surface area contributed by atoms with Gasteiger partial charge in [-0.25, -0.2) is 4.98 Å². The van der Waals surface area contributed by atoms with Gasteiger partial charge in [-0.15, -0.1) is 0 Å². The van der Waals surface area contributed by atoms with Gasteiger partial charge in [-0.1, -0.05) is 54.6 Å². The molecule has 0 bridgehead atoms. The molecule has 0 aliphatic heterocycles. The number of fused-ring (bicyclic) bond motifs is 1. The van der Waals surface area contributed by atoms with Crippen LogP contribution in [0.5, 0.6) is 5.75 Å². The van der Waals surface area contributed by atoms with Gasteiger partial charge in [0, 0.05) is 6.54 Å². The third-order valence-corrected chi connectivity index (χ3v) is 4.46. The molecule has 4 aromatic rings. The predicted octanol–water partition coefficient (Wildman–Crippen LogP) is 4.71. The van der Waals surface area contributed by atoms with Crippen molar-refractivity contribution in [2.75, 3.05) is 12.4 Å². The minimum atomic E-state index is 0.627. The lowest BCUT2D eigenvalue weighted by molar-refractivity contribution is 0.416. The number of ether oxygens (including phenoxy) is 1. The molecule has 4 nitrogen and oxygen atoms in total. The van der Waals surface area contributed by atoms with E-state index in [1.807, 2.05) is 36.4 Å². The lowest BCUT2D eigenvalue weighted by atomic mass is 10.2. The van der Waals surface area contributed by atoms with Crippen LogP contribution in [0, 0.1) is 0 Å². The number of rotatable bonds is 6. The van der Waals surface area contributed by atoms with Crippen molar-refractivity contribution >= 4 is 16.7 Å². The highest BCUT2D eigenvalue weighted by Crippen LogP contribution is 2.24. The molecule has 3 aromatic carbocycles. The van der Waals surface area contributed by atoms with Crippen molar-refractivity contribution in [3.63, 3.8) is 0 Å². The Hall–Kier alpha value is -3.27. The van der Waals surface area contributed by atoms with Crippen LogP contribution in [0.3, 0.4) is 0 Å². The van der Waals surface area contributed by atoms with Gasteiger partial charge in [0.1, 0.15) is 11.6 Å². The smallest absolute Gasteiger partial charge is 0.141 e. The summed E-state index contributed by atoms with van der Waals surface area (Å²) in [4.78, 5) is 4.84. The highest BCUT2D eigenvalue weighted by Gasteiger charge is 2.11. The van der Waals surface area contributed by atoms with Crippen LogP contribution in [0.4, 0.5) is 5.69 Å². The fraction of sp³-hybridized carbons (Fsp3) is 0.136. The van der Waals surface area contributed by atoms with Gasteiger partial charge in [0.15, 0.2) is 0 Å². The number of methoxy groups -OCH3 is 1. The van der Waals surface area contributed by atoms with Crippen LogP contribution < -0.4 is 10.1 Å². The third-order valence-electron chi connectivity index (χ3n) is 4.46. The molecular weight excluding hydrogens is 322 g/mol. The Morgan fingerprint density at radius 3 is 2.46 bits per heavy atom. The number of nitrogens with one attached hydrogen (secondary N) is 1. The van der Waals surface area contributed by atoms with E-state index in [0.29, 0.717) is 6.54 Å². The van der Waals surface area contributed by atoms with Crippen molar-refractivity contribution in [2.24, 2.45) is 0 Å². The van der Waals surface area contributed by atoms with E-state index in [0.717, 1.165) is 34.8 Å². The molecule has 0 atom stereocenters. The summed E-state index contributed by atoms with van der Waals surface area (Å²) in [5.74, 6) is 1.83. The lowest BCUT2D eigenvalue weighted by Crippen LogP contribution is -2.10. The fourth-order valence-electron chi connectivity index (χ4n) is 3.17. The van der Waals surface area contributed by atoms with Gasteiger partial charge in [0.05, 0.1) is 30.4 Å². The second-order valence-corrected chi connectivity index (χ2v) is 6.14. The molecule has 0 aliphatic rings. The van der Waals surface area contributed by atoms with Crippen molar-refractivity contribution in [2.45, 2.75) is 13.1 Å². The van der Waals surface area contributed by atoms with E-state index >= 15 is 0 Å². The maximum atomic E-state index is 5.43. The predicted molar refractivity (Wildman–Crippen MR) is 106 cm³/mol. The van der Waals surface area contributed by atoms with Crippen molar-refractivity contribution in [3.05, 3.63) is 90.3 Å². The molecule has 0 saturated heterocycles. The van der Waals surface area contributed by atoms with E-state index in [2.05, 4.69) is 52.3 Å². The van der Waals surface area contributed by atoms with Crippen molar-refractivity contribution < 1.29 is 4.74 Å². The van der Waals surface area contributed by atoms with E-state index in [9.17, 15) is 0 Å². The van der Waals surface area contributed by atoms with E-state index in [-0.39, 0.29) is 0 Å². The van der Waals surface area contributed by atoms with E-state index < -0.39 is 0 Å². The Bertz CT molecular complexity index is 1010. The first-order valence-electron chi connectivity index (χ1n) is 8.70. The molecule has 0 radical (unpaired) electrons. The molecule has 0 unspecified atom stereocenters. The molecule has 4 rings (SSSR count). The number of nitrogens with zero attached hydrogens (tertiary/aromatic N) is 2. The zero-order valence-electron chi connectivity index (χ0n) is 14.7. The van der Waals surface area contributed by atoms with Crippen LogP contribution in [-0.2, 0) is 13.1 Å². The average molecular weight is 343 g/mol. The van der Waals surface area contributed by atoms with Crippen LogP contribution in [0.25, 0.3) is 11.0 Å². The summed E-state index contributed by atoms with van der Waals surface area (Å²) in [6.45, 7) is 1.42. The zero-order valence-corrected chi connectivity index (χ0v) is 14.7. The first-order valence-corrected chi connectivity index (χ1v) is 8.70. The molecular formula is C22H21N3O. The van der Waals surface area contributed by atoms with Crippen LogP contribution in [-0.4, -0.2) is 16.7 Å². The zero-order chi connectivity index (χ0) is 17.8. The third kappa shape index (κ3) is 3.26. The highest BCUT2D eigenvalue weighted by atomic mass is 16.5. The Morgan fingerprint density at radius 1 is 0.885 bits per heavy atom. The van der Waals surface area contributed by atoms with Crippen LogP contribution in [0.15, 0.2) is 78.9 Å². The second kappa shape index (κ2) is 7.31. The normalized spacial score (nSPS) is 10.8. The first-order chi connectivity index (χ1) is 12.8. The van der Waals surface area contributed by atoms with Crippen LogP contribution in [0.1, 0.15) is 11.4 Å². The fourth-order valence-corrected chi connectivity index (χ4v) is 3.17. The quantitative estimate of drug-likeness (QED) is 0.551. The van der Waals surface area contributed by atoms with Crippen LogP contribution in [0.2, 0.25) is 0 Å². The summed E-state index contributed by atoms with van der Waals surface area (Å²) >= 11 is 0. The summed E-state index contributed by atoms with van der Waals surface area (Å²) in [7, 11) is 1.69. The largest absolute Gasteiger partial charge is 0.495 e. The van der Waals surface area contributed by atoms with Gasteiger partial charge in [-0.3, -0.25) is 0 Å². The van der Waals surface area contributed by atoms with Crippen molar-refractivity contribution in [1.82, 2.24) is 9.55 Å². The van der Waals surface area contributed by atoms with Crippen molar-refractivity contribution in [1.29, 1.82) is 0 Å². The van der Waals surface area contributed by atoms with Gasteiger partial charge >= 0.3 is 0 Å². The van der Waals surface area contributed by atoms with Gasteiger partial charge in [-0.05, 0) is 29.8 Å². The molecule has 1 heterocycles. The minimum absolute atomic E-state index is 0.627. The molecule has 4 heteroatoms. The molecule has 0 spiro atoms. The highest BCUT2D eigenvalue weighted by molar-refractivity contribution is 5.76. The summed E-state index contributed by atoms with van der Waals surface area (Å²) in [5, 5.41) is 3.46. The lowest BCUT2D eigenvalue weighted by Gasteiger charge is -2.13. The topological polar surface area (TPSA) is 39.1 Å². The Balaban J connectivity index is 1.67. The van der Waals surface area contributed by atoms with Gasteiger partial charge in [-0.2, -0.15) is 0 Å². The number of para-hydroxylation sites is 4. The molecule has 0 amide bonds. The van der Waals surface area contributed by atoms with Gasteiger partial charge in [0.2, 0.25) is 0 Å². The first kappa shape index (κ1) is 16.2. The number of aromatic nitrogens is 2. The summed E-state index contributed by atoms with van der Waals surface area (Å²) in [6.07, 6.45) is 0. The maximum Gasteiger partial charge on any atom is 0.141 e. The van der Waals surface area contributed by atoms with Crippen molar-refractivity contribution in [3.8, 4) is 5.75 Å². The number of imidazole rings is 1. The standard InChI is InChI=1S/C22H21N3O/c1-26-21-14-8-6-12-19(21)23-15-22-24-18-11-5-7-13-20(18)25(22)16-17-9-3-2-4-10-17/h2-14,23H,15-16H2,1H3. The number of hydrogen-bond acceptors (Lipinski definition) is 3. The van der Waals surface area contributed by atoms with Gasteiger partial charge < -0.3 is 14.6 Å². The maximum absolute atomic E-state index is 5.43. The summed E-state index contributed by atoms with van der Waals surface area (Å²) < 4.78 is 7.70. The summed E-state index contributed by atoms with van der Waals surface area (Å²) in [5.41, 5.74) is 4.39. The van der Waals surface area contributed by atoms with E-state index in [4.69, 9.17) is 9.72 Å². The molecule has 1 N–H and O–H groups in total. The summed E-state index contributed by atoms with van der Waals surface area (Å²) in [6, 6.07) is 26.7. The van der Waals surface area contributed by atoms with E-state index in [1.165, 1.54) is 5.56 Å². The molecule has 26 heavy (non-hydrogen) atoms. The molecule has 130 valence electrons. The monoisotopic (exact) mass is 343 g/mol. The Morgan fingerprint density at radius 2 is 1.62 bits per heavy atom. The molecule has 0 aliphatic carbocycles. The Labute approximate surface area is 153 Å². The second-order valence-electron chi connectivity index (χ2n) is 6.14. The average Bonchev–Trinajstić information content (AvgIpc) is 3.05. The number of anilines is 1. The Kier molecular flexibility index (Phi) is 4.56. The van der Waals surface area contributed by atoms with Gasteiger partial charge in [0.25, 0.3) is 0 Å².